The number of hydrogen-bond donors (Lipinski definition) is 1. The zero-order valence-corrected chi connectivity index (χ0v) is 22.0. The molecule has 0 saturated carbocycles. The maximum atomic E-state index is 13.1. The van der Waals surface area contributed by atoms with E-state index in [2.05, 4.69) is 5.32 Å². The van der Waals surface area contributed by atoms with Crippen molar-refractivity contribution in [1.82, 2.24) is 4.31 Å². The molecule has 2 rings (SSSR count). The molecular formula is C26H36N2O6S. The van der Waals surface area contributed by atoms with Crippen LogP contribution in [0.15, 0.2) is 47.4 Å². The molecule has 8 nitrogen and oxygen atoms in total. The van der Waals surface area contributed by atoms with Gasteiger partial charge in [-0.05, 0) is 60.9 Å². The van der Waals surface area contributed by atoms with E-state index in [1.54, 1.807) is 34.6 Å². The van der Waals surface area contributed by atoms with Crippen molar-refractivity contribution in [3.05, 3.63) is 48.0 Å². The summed E-state index contributed by atoms with van der Waals surface area (Å²) in [6.45, 7) is 5.09. The highest BCUT2D eigenvalue weighted by molar-refractivity contribution is 7.89. The minimum atomic E-state index is -3.58. The molecule has 192 valence electrons. The monoisotopic (exact) mass is 504 g/mol. The minimum absolute atomic E-state index is 0.218. The van der Waals surface area contributed by atoms with Gasteiger partial charge >= 0.3 is 0 Å². The van der Waals surface area contributed by atoms with Gasteiger partial charge in [0.15, 0.2) is 11.5 Å². The van der Waals surface area contributed by atoms with Crippen LogP contribution in [-0.4, -0.2) is 53.0 Å². The van der Waals surface area contributed by atoms with E-state index >= 15 is 0 Å². The van der Waals surface area contributed by atoms with Crippen molar-refractivity contribution in [1.29, 1.82) is 0 Å². The van der Waals surface area contributed by atoms with Crippen molar-refractivity contribution >= 4 is 27.7 Å². The van der Waals surface area contributed by atoms with E-state index in [0.29, 0.717) is 41.6 Å². The predicted molar refractivity (Wildman–Crippen MR) is 139 cm³/mol. The molecule has 0 saturated heterocycles. The van der Waals surface area contributed by atoms with E-state index in [1.165, 1.54) is 39.5 Å². The molecule has 0 heterocycles. The number of ether oxygens (including phenoxy) is 3. The Labute approximate surface area is 208 Å². The topological polar surface area (TPSA) is 94.2 Å². The summed E-state index contributed by atoms with van der Waals surface area (Å²) in [7, 11) is 0.982. The lowest BCUT2D eigenvalue weighted by Gasteiger charge is -2.22. The summed E-state index contributed by atoms with van der Waals surface area (Å²) in [5, 5.41) is 2.75. The summed E-state index contributed by atoms with van der Waals surface area (Å²) in [5.74, 6) is 1.07. The van der Waals surface area contributed by atoms with Crippen LogP contribution in [0.3, 0.4) is 0 Å². The van der Waals surface area contributed by atoms with E-state index in [1.807, 2.05) is 13.8 Å². The maximum Gasteiger partial charge on any atom is 0.248 e. The number of methoxy groups -OCH3 is 3. The fraction of sp³-hybridized carbons (Fsp3) is 0.423. The van der Waals surface area contributed by atoms with Crippen molar-refractivity contribution < 1.29 is 27.4 Å². The third-order valence-electron chi connectivity index (χ3n) is 5.40. The van der Waals surface area contributed by atoms with Crippen LogP contribution in [0.1, 0.15) is 45.1 Å². The highest BCUT2D eigenvalue weighted by Crippen LogP contribution is 2.38. The Morgan fingerprint density at radius 2 is 1.46 bits per heavy atom. The van der Waals surface area contributed by atoms with Crippen molar-refractivity contribution in [2.45, 2.75) is 44.4 Å². The SMILES string of the molecule is CCCCN(CCCC)S(=O)(=O)c1ccc(NC(=O)/C=C/c2cc(OC)c(OC)c(OC)c2)cc1. The number of amides is 1. The van der Waals surface area contributed by atoms with E-state index in [-0.39, 0.29) is 10.8 Å². The Balaban J connectivity index is 2.12. The van der Waals surface area contributed by atoms with Gasteiger partial charge in [-0.1, -0.05) is 26.7 Å². The summed E-state index contributed by atoms with van der Waals surface area (Å²) in [4.78, 5) is 12.7. The van der Waals surface area contributed by atoms with E-state index in [9.17, 15) is 13.2 Å². The van der Waals surface area contributed by atoms with Gasteiger partial charge in [-0.15, -0.1) is 0 Å². The number of hydrogen-bond acceptors (Lipinski definition) is 6. The molecule has 0 bridgehead atoms. The number of nitrogens with one attached hydrogen (secondary N) is 1. The highest BCUT2D eigenvalue weighted by Gasteiger charge is 2.23. The molecule has 0 aliphatic carbocycles. The second kappa shape index (κ2) is 13.7. The molecule has 0 aliphatic heterocycles. The van der Waals surface area contributed by atoms with Gasteiger partial charge in [-0.3, -0.25) is 4.79 Å². The van der Waals surface area contributed by atoms with Crippen LogP contribution in [-0.2, 0) is 14.8 Å². The molecular weight excluding hydrogens is 468 g/mol. The molecule has 9 heteroatoms. The van der Waals surface area contributed by atoms with Crippen LogP contribution >= 0.6 is 0 Å². The molecule has 0 aromatic heterocycles. The Kier molecular flexibility index (Phi) is 11.1. The van der Waals surface area contributed by atoms with Crippen LogP contribution < -0.4 is 19.5 Å². The van der Waals surface area contributed by atoms with Crippen molar-refractivity contribution in [2.75, 3.05) is 39.7 Å². The lowest BCUT2D eigenvalue weighted by Crippen LogP contribution is -2.33. The maximum absolute atomic E-state index is 13.1. The first-order chi connectivity index (χ1) is 16.8. The smallest absolute Gasteiger partial charge is 0.248 e. The predicted octanol–water partition coefficient (Wildman–Crippen LogP) is 4.96. The average Bonchev–Trinajstić information content (AvgIpc) is 2.86. The number of nitrogens with zero attached hydrogens (tertiary/aromatic N) is 1. The van der Waals surface area contributed by atoms with Gasteiger partial charge in [0, 0.05) is 24.9 Å². The third kappa shape index (κ3) is 7.73. The number of anilines is 1. The molecule has 2 aromatic rings. The molecule has 0 fully saturated rings. The first-order valence-corrected chi connectivity index (χ1v) is 13.1. The fourth-order valence-corrected chi connectivity index (χ4v) is 4.95. The first-order valence-electron chi connectivity index (χ1n) is 11.7. The van der Waals surface area contributed by atoms with Gasteiger partial charge in [0.2, 0.25) is 21.7 Å². The van der Waals surface area contributed by atoms with Crippen LogP contribution in [0.25, 0.3) is 6.08 Å². The standard InChI is InChI=1S/C26H36N2O6S/c1-6-8-16-28(17-9-7-2)35(30,31)22-13-11-21(12-14-22)27-25(29)15-10-20-18-23(32-3)26(34-5)24(19-20)33-4/h10-15,18-19H,6-9,16-17H2,1-5H3,(H,27,29)/b15-10+. The minimum Gasteiger partial charge on any atom is -0.493 e. The largest absolute Gasteiger partial charge is 0.493 e. The highest BCUT2D eigenvalue weighted by atomic mass is 32.2. The molecule has 0 unspecified atom stereocenters. The van der Waals surface area contributed by atoms with Gasteiger partial charge in [-0.2, -0.15) is 4.31 Å². The number of rotatable bonds is 14. The molecule has 0 spiro atoms. The zero-order valence-electron chi connectivity index (χ0n) is 21.2. The molecule has 1 N–H and O–H groups in total. The van der Waals surface area contributed by atoms with Crippen LogP contribution in [0.4, 0.5) is 5.69 Å². The summed E-state index contributed by atoms with van der Waals surface area (Å²) >= 11 is 0. The quantitative estimate of drug-likeness (QED) is 0.366. The lowest BCUT2D eigenvalue weighted by atomic mass is 10.1. The fourth-order valence-electron chi connectivity index (χ4n) is 3.43. The third-order valence-corrected chi connectivity index (χ3v) is 7.31. The second-order valence-electron chi connectivity index (χ2n) is 7.92. The van der Waals surface area contributed by atoms with Gasteiger partial charge in [0.05, 0.1) is 26.2 Å². The van der Waals surface area contributed by atoms with E-state index in [0.717, 1.165) is 25.7 Å². The van der Waals surface area contributed by atoms with E-state index < -0.39 is 10.0 Å². The van der Waals surface area contributed by atoms with Crippen molar-refractivity contribution in [3.8, 4) is 17.2 Å². The molecule has 35 heavy (non-hydrogen) atoms. The van der Waals surface area contributed by atoms with Crippen LogP contribution in [0, 0.1) is 0 Å². The summed E-state index contributed by atoms with van der Waals surface area (Å²) in [6.07, 6.45) is 6.48. The van der Waals surface area contributed by atoms with Crippen LogP contribution in [0.2, 0.25) is 0 Å². The second-order valence-corrected chi connectivity index (χ2v) is 9.85. The molecule has 2 aromatic carbocycles. The molecule has 0 radical (unpaired) electrons. The van der Waals surface area contributed by atoms with E-state index in [4.69, 9.17) is 14.2 Å². The summed E-state index contributed by atoms with van der Waals surface area (Å²) in [6, 6.07) is 9.70. The number of carbonyl (C=O) groups is 1. The van der Waals surface area contributed by atoms with Gasteiger partial charge < -0.3 is 19.5 Å². The normalized spacial score (nSPS) is 11.6. The Hall–Kier alpha value is -3.04. The van der Waals surface area contributed by atoms with Crippen molar-refractivity contribution in [2.24, 2.45) is 0 Å². The van der Waals surface area contributed by atoms with Gasteiger partial charge in [-0.25, -0.2) is 8.42 Å². The van der Waals surface area contributed by atoms with Crippen LogP contribution in [0.5, 0.6) is 17.2 Å². The Bertz CT molecular complexity index is 1060. The molecule has 0 aliphatic rings. The lowest BCUT2D eigenvalue weighted by molar-refractivity contribution is -0.111. The Morgan fingerprint density at radius 3 is 1.91 bits per heavy atom. The number of unbranched alkanes of at least 4 members (excludes halogenated alkanes) is 2. The van der Waals surface area contributed by atoms with Gasteiger partial charge in [0.1, 0.15) is 0 Å². The number of carbonyl (C=O) groups excluding carboxylic acids is 1. The molecule has 0 atom stereocenters. The average molecular weight is 505 g/mol. The number of sulfonamides is 1. The molecule has 1 amide bonds. The summed E-state index contributed by atoms with van der Waals surface area (Å²) in [5.41, 5.74) is 1.19. The zero-order chi connectivity index (χ0) is 25.8. The van der Waals surface area contributed by atoms with Gasteiger partial charge in [0.25, 0.3) is 0 Å². The van der Waals surface area contributed by atoms with Crippen molar-refractivity contribution in [3.63, 3.8) is 0 Å². The first kappa shape index (κ1) is 28.2. The number of benzene rings is 2. The Morgan fingerprint density at radius 1 is 0.914 bits per heavy atom. The summed E-state index contributed by atoms with van der Waals surface area (Å²) < 4.78 is 43.7.